The van der Waals surface area contributed by atoms with Gasteiger partial charge in [-0.25, -0.2) is 0 Å². The fourth-order valence-corrected chi connectivity index (χ4v) is 2.62. The van der Waals surface area contributed by atoms with E-state index in [9.17, 15) is 0 Å². The maximum absolute atomic E-state index is 6.14. The highest BCUT2D eigenvalue weighted by atomic mass is 35.5. The van der Waals surface area contributed by atoms with Crippen LogP contribution in [-0.4, -0.2) is 0 Å². The molecule has 2 aromatic carbocycles. The highest BCUT2D eigenvalue weighted by molar-refractivity contribution is 6.34. The number of nitrogens with one attached hydrogen (secondary N) is 1. The van der Waals surface area contributed by atoms with Gasteiger partial charge in [-0.3, -0.25) is 0 Å². The minimum absolute atomic E-state index is 0.630. The van der Waals surface area contributed by atoms with Crippen molar-refractivity contribution in [3.63, 3.8) is 0 Å². The molecule has 1 nitrogen and oxygen atoms in total. The van der Waals surface area contributed by atoms with Crippen molar-refractivity contribution >= 4 is 40.5 Å². The van der Waals surface area contributed by atoms with Gasteiger partial charge < -0.3 is 5.32 Å². The standard InChI is InChI=1S/C14H12Cl3N/c1-9-3-2-4-13(17)14(9)18-8-10-5-11(15)7-12(16)6-10/h2-7,18H,8H2,1H3. The maximum atomic E-state index is 6.14. The first-order chi connectivity index (χ1) is 8.56. The molecule has 2 rings (SSSR count). The zero-order valence-corrected chi connectivity index (χ0v) is 12.1. The van der Waals surface area contributed by atoms with Crippen molar-refractivity contribution in [1.29, 1.82) is 0 Å². The third kappa shape index (κ3) is 3.32. The Hall–Kier alpha value is -0.890. The van der Waals surface area contributed by atoms with E-state index in [1.165, 1.54) is 0 Å². The fourth-order valence-electron chi connectivity index (χ4n) is 1.76. The number of aryl methyl sites for hydroxylation is 1. The molecule has 2 aromatic rings. The molecule has 0 heterocycles. The number of para-hydroxylation sites is 1. The van der Waals surface area contributed by atoms with Gasteiger partial charge in [0.1, 0.15) is 0 Å². The maximum Gasteiger partial charge on any atom is 0.0640 e. The van der Waals surface area contributed by atoms with Crippen LogP contribution in [0.5, 0.6) is 0 Å². The molecule has 0 fully saturated rings. The molecule has 0 aliphatic rings. The number of anilines is 1. The van der Waals surface area contributed by atoms with Gasteiger partial charge in [0, 0.05) is 16.6 Å². The number of hydrogen-bond acceptors (Lipinski definition) is 1. The third-order valence-corrected chi connectivity index (χ3v) is 3.36. The summed E-state index contributed by atoms with van der Waals surface area (Å²) >= 11 is 18.1. The molecule has 0 aliphatic heterocycles. The van der Waals surface area contributed by atoms with E-state index < -0.39 is 0 Å². The molecule has 0 radical (unpaired) electrons. The lowest BCUT2D eigenvalue weighted by Crippen LogP contribution is -2.01. The van der Waals surface area contributed by atoms with Crippen molar-refractivity contribution in [3.8, 4) is 0 Å². The van der Waals surface area contributed by atoms with E-state index in [2.05, 4.69) is 5.32 Å². The minimum atomic E-state index is 0.630. The smallest absolute Gasteiger partial charge is 0.0640 e. The summed E-state index contributed by atoms with van der Waals surface area (Å²) in [5.74, 6) is 0. The molecule has 0 bridgehead atoms. The average Bonchev–Trinajstić information content (AvgIpc) is 2.27. The lowest BCUT2D eigenvalue weighted by atomic mass is 10.2. The Bertz CT molecular complexity index is 526. The van der Waals surface area contributed by atoms with Gasteiger partial charge in [0.25, 0.3) is 0 Å². The van der Waals surface area contributed by atoms with Gasteiger partial charge in [-0.1, -0.05) is 46.9 Å². The molecule has 4 heteroatoms. The van der Waals surface area contributed by atoms with Crippen LogP contribution in [0.3, 0.4) is 0 Å². The van der Waals surface area contributed by atoms with E-state index >= 15 is 0 Å². The van der Waals surface area contributed by atoms with Crippen molar-refractivity contribution < 1.29 is 0 Å². The lowest BCUT2D eigenvalue weighted by Gasteiger charge is -2.11. The van der Waals surface area contributed by atoms with Crippen molar-refractivity contribution in [3.05, 3.63) is 62.6 Å². The molecule has 1 N–H and O–H groups in total. The van der Waals surface area contributed by atoms with E-state index in [4.69, 9.17) is 34.8 Å². The summed E-state index contributed by atoms with van der Waals surface area (Å²) in [7, 11) is 0. The Morgan fingerprint density at radius 3 is 2.28 bits per heavy atom. The van der Waals surface area contributed by atoms with E-state index in [1.54, 1.807) is 6.07 Å². The van der Waals surface area contributed by atoms with E-state index in [1.807, 2.05) is 37.3 Å². The minimum Gasteiger partial charge on any atom is -0.380 e. The molecule has 0 aromatic heterocycles. The van der Waals surface area contributed by atoms with Crippen molar-refractivity contribution in [1.82, 2.24) is 0 Å². The fraction of sp³-hybridized carbons (Fsp3) is 0.143. The number of hydrogen-bond donors (Lipinski definition) is 1. The summed E-state index contributed by atoms with van der Waals surface area (Å²) in [6, 6.07) is 11.3. The number of rotatable bonds is 3. The summed E-state index contributed by atoms with van der Waals surface area (Å²) in [6.45, 7) is 2.64. The Morgan fingerprint density at radius 2 is 1.67 bits per heavy atom. The average molecular weight is 301 g/mol. The Balaban J connectivity index is 2.16. The predicted molar refractivity (Wildman–Crippen MR) is 80.0 cm³/mol. The molecule has 0 aliphatic carbocycles. The third-order valence-electron chi connectivity index (χ3n) is 2.61. The summed E-state index contributed by atoms with van der Waals surface area (Å²) < 4.78 is 0. The van der Waals surface area contributed by atoms with Crippen LogP contribution in [0.15, 0.2) is 36.4 Å². The quantitative estimate of drug-likeness (QED) is 0.781. The lowest BCUT2D eigenvalue weighted by molar-refractivity contribution is 1.14. The van der Waals surface area contributed by atoms with Gasteiger partial charge in [0.2, 0.25) is 0 Å². The zero-order valence-electron chi connectivity index (χ0n) is 9.81. The van der Waals surface area contributed by atoms with Crippen molar-refractivity contribution in [2.45, 2.75) is 13.5 Å². The molecule has 0 saturated heterocycles. The molecule has 0 spiro atoms. The summed E-state index contributed by atoms with van der Waals surface area (Å²) in [4.78, 5) is 0. The first-order valence-corrected chi connectivity index (χ1v) is 6.63. The molecule has 0 amide bonds. The van der Waals surface area contributed by atoms with Crippen LogP contribution in [0.25, 0.3) is 0 Å². The second kappa shape index (κ2) is 5.83. The largest absolute Gasteiger partial charge is 0.380 e. The molecule has 0 atom stereocenters. The van der Waals surface area contributed by atoms with Gasteiger partial charge in [-0.2, -0.15) is 0 Å². The zero-order chi connectivity index (χ0) is 13.1. The Morgan fingerprint density at radius 1 is 1.00 bits per heavy atom. The highest BCUT2D eigenvalue weighted by Gasteiger charge is 2.04. The summed E-state index contributed by atoms with van der Waals surface area (Å²) in [5.41, 5.74) is 3.07. The Labute approximate surface area is 122 Å². The van der Waals surface area contributed by atoms with Crippen molar-refractivity contribution in [2.75, 3.05) is 5.32 Å². The first kappa shape index (κ1) is 13.5. The topological polar surface area (TPSA) is 12.0 Å². The summed E-state index contributed by atoms with van der Waals surface area (Å²) in [6.07, 6.45) is 0. The van der Waals surface area contributed by atoms with Gasteiger partial charge in [-0.15, -0.1) is 0 Å². The normalized spacial score (nSPS) is 10.4. The van der Waals surface area contributed by atoms with E-state index in [-0.39, 0.29) is 0 Å². The van der Waals surface area contributed by atoms with Gasteiger partial charge in [-0.05, 0) is 42.3 Å². The second-order valence-corrected chi connectivity index (χ2v) is 5.34. The number of halogens is 3. The molecular formula is C14H12Cl3N. The molecule has 94 valence electrons. The summed E-state index contributed by atoms with van der Waals surface area (Å²) in [5, 5.41) is 5.28. The van der Waals surface area contributed by atoms with Crippen molar-refractivity contribution in [2.24, 2.45) is 0 Å². The van der Waals surface area contributed by atoms with Crippen LogP contribution in [0.2, 0.25) is 15.1 Å². The molecule has 0 unspecified atom stereocenters. The second-order valence-electron chi connectivity index (χ2n) is 4.06. The Kier molecular flexibility index (Phi) is 4.39. The van der Waals surface area contributed by atoms with Crippen LogP contribution in [-0.2, 0) is 6.54 Å². The van der Waals surface area contributed by atoms with Crippen LogP contribution >= 0.6 is 34.8 Å². The van der Waals surface area contributed by atoms with E-state index in [0.717, 1.165) is 16.8 Å². The van der Waals surface area contributed by atoms with Crippen LogP contribution in [0.4, 0.5) is 5.69 Å². The monoisotopic (exact) mass is 299 g/mol. The van der Waals surface area contributed by atoms with Gasteiger partial charge in [0.15, 0.2) is 0 Å². The van der Waals surface area contributed by atoms with Crippen LogP contribution in [0, 0.1) is 6.92 Å². The molecule has 0 saturated carbocycles. The molecular weight excluding hydrogens is 289 g/mol. The van der Waals surface area contributed by atoms with E-state index in [0.29, 0.717) is 21.6 Å². The number of benzene rings is 2. The van der Waals surface area contributed by atoms with Crippen LogP contribution < -0.4 is 5.32 Å². The first-order valence-electron chi connectivity index (χ1n) is 5.50. The van der Waals surface area contributed by atoms with Crippen LogP contribution in [0.1, 0.15) is 11.1 Å². The highest BCUT2D eigenvalue weighted by Crippen LogP contribution is 2.26. The SMILES string of the molecule is Cc1cccc(Cl)c1NCc1cc(Cl)cc(Cl)c1. The van der Waals surface area contributed by atoms with Gasteiger partial charge >= 0.3 is 0 Å². The molecule has 18 heavy (non-hydrogen) atoms. The predicted octanol–water partition coefficient (Wildman–Crippen LogP) is 5.57. The van der Waals surface area contributed by atoms with Gasteiger partial charge in [0.05, 0.1) is 10.7 Å².